The topological polar surface area (TPSA) is 96.0 Å². The minimum Gasteiger partial charge on any atom is -0.495 e. The van der Waals surface area contributed by atoms with Gasteiger partial charge in [0, 0.05) is 12.6 Å². The van der Waals surface area contributed by atoms with Crippen molar-refractivity contribution >= 4 is 27.5 Å². The lowest BCUT2D eigenvalue weighted by Gasteiger charge is -2.33. The fourth-order valence-corrected chi connectivity index (χ4v) is 5.48. The molecule has 2 aromatic rings. The number of nitrogens with zero attached hydrogens (tertiary/aromatic N) is 2. The van der Waals surface area contributed by atoms with Crippen LogP contribution in [-0.4, -0.2) is 57.1 Å². The minimum absolute atomic E-state index is 0.101. The summed E-state index contributed by atoms with van der Waals surface area (Å²) in [6, 6.07) is 12.2. The Morgan fingerprint density at radius 2 is 1.65 bits per heavy atom. The van der Waals surface area contributed by atoms with Crippen LogP contribution in [0.15, 0.2) is 42.5 Å². The quantitative estimate of drug-likeness (QED) is 0.503. The summed E-state index contributed by atoms with van der Waals surface area (Å²) in [5.41, 5.74) is 3.05. The molecule has 0 aromatic heterocycles. The van der Waals surface area contributed by atoms with Crippen molar-refractivity contribution in [3.63, 3.8) is 0 Å². The van der Waals surface area contributed by atoms with Crippen molar-refractivity contribution in [1.29, 1.82) is 0 Å². The maximum atomic E-state index is 13.8. The molecule has 1 atom stereocenters. The van der Waals surface area contributed by atoms with Gasteiger partial charge < -0.3 is 15.0 Å². The largest absolute Gasteiger partial charge is 0.495 e. The number of hydrogen-bond donors (Lipinski definition) is 1. The van der Waals surface area contributed by atoms with Gasteiger partial charge in [-0.3, -0.25) is 13.9 Å². The predicted molar refractivity (Wildman–Crippen MR) is 146 cm³/mol. The lowest BCUT2D eigenvalue weighted by Crippen LogP contribution is -2.53. The number of hydrogen-bond acceptors (Lipinski definition) is 5. The molecule has 0 heterocycles. The number of amides is 2. The highest BCUT2D eigenvalue weighted by atomic mass is 32.2. The molecule has 1 aliphatic carbocycles. The zero-order valence-corrected chi connectivity index (χ0v) is 23.3. The maximum Gasteiger partial charge on any atom is 0.244 e. The SMILES string of the molecule is COc1ccc(C)cc1N(CC(=O)N(Cc1ccc(C)cc1)C(C)C(=O)NC1CCCCC1)S(C)(=O)=O. The fraction of sp³-hybridized carbons (Fsp3) is 0.500. The van der Waals surface area contributed by atoms with Crippen molar-refractivity contribution in [2.75, 3.05) is 24.2 Å². The van der Waals surface area contributed by atoms with E-state index in [0.717, 1.165) is 52.9 Å². The molecule has 8 nitrogen and oxygen atoms in total. The van der Waals surface area contributed by atoms with Crippen molar-refractivity contribution in [2.24, 2.45) is 0 Å². The van der Waals surface area contributed by atoms with Gasteiger partial charge in [0.15, 0.2) is 0 Å². The number of ether oxygens (including phenoxy) is 1. The maximum absolute atomic E-state index is 13.8. The van der Waals surface area contributed by atoms with E-state index in [-0.39, 0.29) is 24.2 Å². The molecule has 2 aromatic carbocycles. The minimum atomic E-state index is -3.84. The Bertz CT molecular complexity index is 1190. The molecule has 0 bridgehead atoms. The number of carbonyl (C=O) groups is 2. The highest BCUT2D eigenvalue weighted by Gasteiger charge is 2.32. The summed E-state index contributed by atoms with van der Waals surface area (Å²) in [5.74, 6) is -0.357. The van der Waals surface area contributed by atoms with Crippen LogP contribution in [0, 0.1) is 13.8 Å². The lowest BCUT2D eigenvalue weighted by atomic mass is 9.95. The average Bonchev–Trinajstić information content (AvgIpc) is 2.86. The highest BCUT2D eigenvalue weighted by Crippen LogP contribution is 2.31. The average molecular weight is 530 g/mol. The van der Waals surface area contributed by atoms with Gasteiger partial charge in [-0.1, -0.05) is 55.2 Å². The number of methoxy groups -OCH3 is 1. The third-order valence-electron chi connectivity index (χ3n) is 6.87. The molecule has 1 saturated carbocycles. The van der Waals surface area contributed by atoms with Gasteiger partial charge in [-0.2, -0.15) is 0 Å². The van der Waals surface area contributed by atoms with Crippen LogP contribution < -0.4 is 14.4 Å². The molecular weight excluding hydrogens is 490 g/mol. The van der Waals surface area contributed by atoms with E-state index in [1.807, 2.05) is 44.2 Å². The zero-order valence-electron chi connectivity index (χ0n) is 22.5. The number of anilines is 1. The second-order valence-electron chi connectivity index (χ2n) is 9.97. The number of rotatable bonds is 10. The third-order valence-corrected chi connectivity index (χ3v) is 8.00. The summed E-state index contributed by atoms with van der Waals surface area (Å²) in [6.07, 6.45) is 6.24. The van der Waals surface area contributed by atoms with Crippen LogP contribution in [0.25, 0.3) is 0 Å². The van der Waals surface area contributed by atoms with Crippen molar-refractivity contribution in [2.45, 2.75) is 71.5 Å². The van der Waals surface area contributed by atoms with E-state index in [4.69, 9.17) is 4.74 Å². The molecule has 1 aliphatic rings. The van der Waals surface area contributed by atoms with Crippen LogP contribution in [0.2, 0.25) is 0 Å². The second kappa shape index (κ2) is 12.4. The number of benzene rings is 2. The third kappa shape index (κ3) is 7.71. The van der Waals surface area contributed by atoms with E-state index in [1.165, 1.54) is 18.4 Å². The van der Waals surface area contributed by atoms with Gasteiger partial charge in [0.1, 0.15) is 18.3 Å². The van der Waals surface area contributed by atoms with Gasteiger partial charge >= 0.3 is 0 Å². The van der Waals surface area contributed by atoms with Crippen molar-refractivity contribution in [3.8, 4) is 5.75 Å². The van der Waals surface area contributed by atoms with E-state index >= 15 is 0 Å². The molecule has 0 saturated heterocycles. The number of aryl methyl sites for hydroxylation is 2. The summed E-state index contributed by atoms with van der Waals surface area (Å²) < 4.78 is 32.2. The first kappa shape index (κ1) is 28.5. The summed E-state index contributed by atoms with van der Waals surface area (Å²) in [5, 5.41) is 3.11. The normalized spacial score (nSPS) is 15.1. The van der Waals surface area contributed by atoms with Crippen molar-refractivity contribution < 1.29 is 22.7 Å². The molecule has 37 heavy (non-hydrogen) atoms. The van der Waals surface area contributed by atoms with Crippen LogP contribution in [0.1, 0.15) is 55.7 Å². The van der Waals surface area contributed by atoms with Crippen LogP contribution in [0.5, 0.6) is 5.75 Å². The summed E-state index contributed by atoms with van der Waals surface area (Å²) in [6.45, 7) is 5.24. The number of sulfonamides is 1. The number of nitrogens with one attached hydrogen (secondary N) is 1. The van der Waals surface area contributed by atoms with Crippen LogP contribution in [-0.2, 0) is 26.2 Å². The number of carbonyl (C=O) groups excluding carboxylic acids is 2. The Morgan fingerprint density at radius 3 is 2.24 bits per heavy atom. The van der Waals surface area contributed by atoms with Gasteiger partial charge in [0.25, 0.3) is 0 Å². The molecule has 3 rings (SSSR count). The van der Waals surface area contributed by atoms with Crippen molar-refractivity contribution in [1.82, 2.24) is 10.2 Å². The second-order valence-corrected chi connectivity index (χ2v) is 11.9. The Kier molecular flexibility index (Phi) is 9.59. The van der Waals surface area contributed by atoms with Gasteiger partial charge in [-0.05, 0) is 56.9 Å². The first-order valence-corrected chi connectivity index (χ1v) is 14.6. The molecule has 0 aliphatic heterocycles. The smallest absolute Gasteiger partial charge is 0.244 e. The highest BCUT2D eigenvalue weighted by molar-refractivity contribution is 7.92. The summed E-state index contributed by atoms with van der Waals surface area (Å²) in [7, 11) is -2.38. The molecule has 1 fully saturated rings. The van der Waals surface area contributed by atoms with E-state index in [9.17, 15) is 18.0 Å². The molecule has 1 unspecified atom stereocenters. The van der Waals surface area contributed by atoms with Gasteiger partial charge in [0.2, 0.25) is 21.8 Å². The summed E-state index contributed by atoms with van der Waals surface area (Å²) >= 11 is 0. The van der Waals surface area contributed by atoms with E-state index in [0.29, 0.717) is 5.75 Å². The van der Waals surface area contributed by atoms with E-state index in [1.54, 1.807) is 19.1 Å². The predicted octanol–water partition coefficient (Wildman–Crippen LogP) is 3.94. The molecule has 0 spiro atoms. The lowest BCUT2D eigenvalue weighted by molar-refractivity contribution is -0.139. The zero-order chi connectivity index (χ0) is 27.2. The Hall–Kier alpha value is -3.07. The van der Waals surface area contributed by atoms with Crippen LogP contribution in [0.4, 0.5) is 5.69 Å². The van der Waals surface area contributed by atoms with Crippen LogP contribution in [0.3, 0.4) is 0 Å². The van der Waals surface area contributed by atoms with Crippen molar-refractivity contribution in [3.05, 3.63) is 59.2 Å². The Labute approximate surface area is 221 Å². The first-order chi connectivity index (χ1) is 17.5. The van der Waals surface area contributed by atoms with Gasteiger partial charge in [-0.15, -0.1) is 0 Å². The Balaban J connectivity index is 1.91. The Morgan fingerprint density at radius 1 is 1.03 bits per heavy atom. The fourth-order valence-electron chi connectivity index (χ4n) is 4.63. The van der Waals surface area contributed by atoms with E-state index in [2.05, 4.69) is 5.32 Å². The molecule has 1 N–H and O–H groups in total. The van der Waals surface area contributed by atoms with Gasteiger partial charge in [-0.25, -0.2) is 8.42 Å². The molecule has 2 amide bonds. The van der Waals surface area contributed by atoms with Gasteiger partial charge in [0.05, 0.1) is 19.1 Å². The molecule has 9 heteroatoms. The van der Waals surface area contributed by atoms with E-state index < -0.39 is 28.5 Å². The standard InChI is InChI=1S/C28H39N3O5S/c1-20-11-14-23(15-12-20)18-30(22(3)28(33)29-24-9-7-6-8-10-24)27(32)19-31(37(5,34)35)25-17-21(2)13-16-26(25)36-4/h11-17,22,24H,6-10,18-19H2,1-5H3,(H,29,33). The summed E-state index contributed by atoms with van der Waals surface area (Å²) in [4.78, 5) is 28.5. The van der Waals surface area contributed by atoms with Crippen LogP contribution >= 0.6 is 0 Å². The first-order valence-electron chi connectivity index (χ1n) is 12.8. The molecular formula is C28H39N3O5S. The molecule has 0 radical (unpaired) electrons. The molecule has 202 valence electrons. The monoisotopic (exact) mass is 529 g/mol.